The predicted molar refractivity (Wildman–Crippen MR) is 100 cm³/mol. The largest absolute Gasteiger partial charge is 0.301 e. The highest BCUT2D eigenvalue weighted by atomic mass is 32.2. The molecule has 28 heavy (non-hydrogen) atoms. The van der Waals surface area contributed by atoms with E-state index in [9.17, 15) is 26.4 Å². The molecule has 1 saturated carbocycles. The third-order valence-electron chi connectivity index (χ3n) is 4.81. The van der Waals surface area contributed by atoms with Crippen LogP contribution in [-0.4, -0.2) is 37.9 Å². The Morgan fingerprint density at radius 2 is 1.86 bits per heavy atom. The molecule has 0 radical (unpaired) electrons. The second-order valence-electron chi connectivity index (χ2n) is 6.96. The van der Waals surface area contributed by atoms with Crippen LogP contribution in [0.4, 0.5) is 18.3 Å². The number of amides is 1. The summed E-state index contributed by atoms with van der Waals surface area (Å²) in [7, 11) is -3.40. The zero-order chi connectivity index (χ0) is 20.5. The van der Waals surface area contributed by atoms with Crippen molar-refractivity contribution in [1.82, 2.24) is 4.98 Å². The number of sulfone groups is 1. The molecule has 2 aromatic rings. The van der Waals surface area contributed by atoms with Crippen molar-refractivity contribution in [1.29, 1.82) is 0 Å². The fourth-order valence-corrected chi connectivity index (χ4v) is 4.58. The summed E-state index contributed by atoms with van der Waals surface area (Å²) in [5.74, 6) is -1.59. The summed E-state index contributed by atoms with van der Waals surface area (Å²) in [6, 6.07) is 5.80. The Morgan fingerprint density at radius 1 is 1.25 bits per heavy atom. The Balaban J connectivity index is 1.84. The van der Waals surface area contributed by atoms with Gasteiger partial charge >= 0.3 is 0 Å². The van der Waals surface area contributed by atoms with E-state index in [1.165, 1.54) is 24.3 Å². The topological polar surface area (TPSA) is 76.1 Å². The molecule has 0 aliphatic heterocycles. The molecule has 0 saturated heterocycles. The molecule has 1 fully saturated rings. The van der Waals surface area contributed by atoms with Crippen molar-refractivity contribution in [3.05, 3.63) is 41.2 Å². The van der Waals surface area contributed by atoms with Crippen LogP contribution in [0.25, 0.3) is 0 Å². The second kappa shape index (κ2) is 8.20. The summed E-state index contributed by atoms with van der Waals surface area (Å²) in [4.78, 5) is 16.6. The van der Waals surface area contributed by atoms with E-state index in [-0.39, 0.29) is 35.2 Å². The smallest absolute Gasteiger partial charge is 0.233 e. The minimum Gasteiger partial charge on any atom is -0.301 e. The van der Waals surface area contributed by atoms with E-state index in [0.29, 0.717) is 16.9 Å². The Labute approximate surface area is 164 Å². The zero-order valence-corrected chi connectivity index (χ0v) is 16.6. The average Bonchev–Trinajstić information content (AvgIpc) is 3.17. The van der Waals surface area contributed by atoms with Crippen molar-refractivity contribution in [3.8, 4) is 0 Å². The second-order valence-corrected chi connectivity index (χ2v) is 9.95. The maximum atomic E-state index is 13.6. The number of rotatable bonds is 6. The van der Waals surface area contributed by atoms with E-state index >= 15 is 0 Å². The number of carbonyl (C=O) groups is 1. The SMILES string of the molecule is CS(=O)(=O)c1ccc(C(CC2CC(F)C(F)C2)C(=O)Nc2ncc(F)s2)cc1. The number of alkyl halides is 2. The minimum absolute atomic E-state index is 0.0260. The summed E-state index contributed by atoms with van der Waals surface area (Å²) in [5.41, 5.74) is 0.514. The van der Waals surface area contributed by atoms with Crippen LogP contribution in [0, 0.1) is 11.0 Å². The molecule has 1 amide bonds. The summed E-state index contributed by atoms with van der Waals surface area (Å²) in [6.07, 6.45) is -0.794. The first-order valence-corrected chi connectivity index (χ1v) is 11.3. The lowest BCUT2D eigenvalue weighted by atomic mass is 9.87. The molecule has 1 heterocycles. The number of aromatic nitrogens is 1. The van der Waals surface area contributed by atoms with Gasteiger partial charge in [-0.15, -0.1) is 0 Å². The highest BCUT2D eigenvalue weighted by Gasteiger charge is 2.37. The molecule has 3 unspecified atom stereocenters. The summed E-state index contributed by atoms with van der Waals surface area (Å²) in [5, 5.41) is 2.05. The van der Waals surface area contributed by atoms with Gasteiger partial charge in [-0.3, -0.25) is 4.79 Å². The summed E-state index contributed by atoms with van der Waals surface area (Å²) < 4.78 is 63.5. The number of hydrogen-bond acceptors (Lipinski definition) is 5. The fraction of sp³-hybridized carbons (Fsp3) is 0.444. The molecule has 1 aliphatic rings. The van der Waals surface area contributed by atoms with Gasteiger partial charge in [0.1, 0.15) is 12.3 Å². The molecule has 10 heteroatoms. The molecular weight excluding hydrogens is 413 g/mol. The van der Waals surface area contributed by atoms with Crippen LogP contribution in [0.2, 0.25) is 0 Å². The highest BCUT2D eigenvalue weighted by molar-refractivity contribution is 7.90. The number of nitrogens with one attached hydrogen (secondary N) is 1. The number of thiazole rings is 1. The summed E-state index contributed by atoms with van der Waals surface area (Å²) >= 11 is 0.669. The van der Waals surface area contributed by atoms with Crippen LogP contribution in [0.5, 0.6) is 0 Å². The zero-order valence-electron chi connectivity index (χ0n) is 14.9. The monoisotopic (exact) mass is 432 g/mol. The molecule has 3 atom stereocenters. The van der Waals surface area contributed by atoms with Crippen LogP contribution < -0.4 is 5.32 Å². The first kappa shape index (κ1) is 20.8. The van der Waals surface area contributed by atoms with Crippen molar-refractivity contribution in [2.75, 3.05) is 11.6 Å². The van der Waals surface area contributed by atoms with E-state index in [0.717, 1.165) is 12.5 Å². The van der Waals surface area contributed by atoms with Crippen molar-refractivity contribution >= 4 is 32.2 Å². The summed E-state index contributed by atoms with van der Waals surface area (Å²) in [6.45, 7) is 0. The van der Waals surface area contributed by atoms with Gasteiger partial charge in [0.25, 0.3) is 0 Å². The van der Waals surface area contributed by atoms with Gasteiger partial charge in [-0.05, 0) is 42.9 Å². The van der Waals surface area contributed by atoms with Gasteiger partial charge in [-0.2, -0.15) is 4.39 Å². The molecule has 5 nitrogen and oxygen atoms in total. The molecular formula is C18H19F3N2O3S2. The van der Waals surface area contributed by atoms with Gasteiger partial charge < -0.3 is 5.32 Å². The lowest BCUT2D eigenvalue weighted by Gasteiger charge is -2.20. The van der Waals surface area contributed by atoms with Crippen LogP contribution in [0.15, 0.2) is 35.4 Å². The van der Waals surface area contributed by atoms with Crippen molar-refractivity contribution in [2.45, 2.75) is 42.4 Å². The number of nitrogens with zero attached hydrogens (tertiary/aromatic N) is 1. The fourth-order valence-electron chi connectivity index (χ4n) is 3.40. The van der Waals surface area contributed by atoms with E-state index in [4.69, 9.17) is 0 Å². The van der Waals surface area contributed by atoms with Crippen molar-refractivity contribution in [2.24, 2.45) is 5.92 Å². The van der Waals surface area contributed by atoms with Gasteiger partial charge in [-0.1, -0.05) is 23.5 Å². The lowest BCUT2D eigenvalue weighted by molar-refractivity contribution is -0.118. The predicted octanol–water partition coefficient (Wildman–Crippen LogP) is 3.88. The van der Waals surface area contributed by atoms with Gasteiger partial charge in [-0.25, -0.2) is 22.2 Å². The van der Waals surface area contributed by atoms with Crippen molar-refractivity contribution < 1.29 is 26.4 Å². The number of anilines is 1. The van der Waals surface area contributed by atoms with Crippen LogP contribution in [-0.2, 0) is 14.6 Å². The molecule has 152 valence electrons. The molecule has 1 aliphatic carbocycles. The lowest BCUT2D eigenvalue weighted by Crippen LogP contribution is -2.23. The van der Waals surface area contributed by atoms with Crippen LogP contribution in [0.1, 0.15) is 30.7 Å². The molecule has 0 spiro atoms. The molecule has 1 aromatic heterocycles. The van der Waals surface area contributed by atoms with Crippen molar-refractivity contribution in [3.63, 3.8) is 0 Å². The average molecular weight is 432 g/mol. The molecule has 0 bridgehead atoms. The normalized spacial score (nSPS) is 23.5. The van der Waals surface area contributed by atoms with Gasteiger partial charge in [0.2, 0.25) is 5.91 Å². The standard InChI is InChI=1S/C18H19F3N2O3S2/c1-28(25,26)12-4-2-11(3-5-12)13(6-10-7-14(19)15(20)8-10)17(24)23-18-22-9-16(21)27-18/h2-5,9-10,13-15H,6-8H2,1H3,(H,22,23,24). The van der Waals surface area contributed by atoms with Crippen LogP contribution >= 0.6 is 11.3 Å². The van der Waals surface area contributed by atoms with E-state index < -0.39 is 39.1 Å². The van der Waals surface area contributed by atoms with Gasteiger partial charge in [0.05, 0.1) is 17.0 Å². The highest BCUT2D eigenvalue weighted by Crippen LogP contribution is 2.38. The number of hydrogen-bond donors (Lipinski definition) is 1. The van der Waals surface area contributed by atoms with Gasteiger partial charge in [0, 0.05) is 6.26 Å². The quantitative estimate of drug-likeness (QED) is 0.752. The first-order valence-electron chi connectivity index (χ1n) is 8.64. The molecule has 3 rings (SSSR count). The Kier molecular flexibility index (Phi) is 6.09. The first-order chi connectivity index (χ1) is 13.1. The third kappa shape index (κ3) is 4.91. The third-order valence-corrected chi connectivity index (χ3v) is 6.64. The Hall–Kier alpha value is -1.94. The van der Waals surface area contributed by atoms with E-state index in [2.05, 4.69) is 10.3 Å². The molecule has 1 N–H and O–H groups in total. The molecule has 1 aromatic carbocycles. The van der Waals surface area contributed by atoms with Gasteiger partial charge in [0.15, 0.2) is 20.1 Å². The maximum Gasteiger partial charge on any atom is 0.233 e. The van der Waals surface area contributed by atoms with E-state index in [1.54, 1.807) is 0 Å². The number of carbonyl (C=O) groups excluding carboxylic acids is 1. The van der Waals surface area contributed by atoms with E-state index in [1.807, 2.05) is 0 Å². The Bertz CT molecular complexity index is 937. The number of benzene rings is 1. The van der Waals surface area contributed by atoms with Crippen LogP contribution in [0.3, 0.4) is 0 Å². The number of halogens is 3. The maximum absolute atomic E-state index is 13.6. The minimum atomic E-state index is -3.40. The Morgan fingerprint density at radius 3 is 2.36 bits per heavy atom.